The maximum absolute atomic E-state index is 13.7. The molecule has 0 bridgehead atoms. The topological polar surface area (TPSA) is 86.8 Å². The smallest absolute Gasteiger partial charge is 0.350 e. The summed E-state index contributed by atoms with van der Waals surface area (Å²) >= 11 is 12.6. The Morgan fingerprint density at radius 2 is 1.58 bits per heavy atom. The van der Waals surface area contributed by atoms with Gasteiger partial charge in [-0.05, 0) is 57.5 Å². The number of rotatable bonds is 9. The molecule has 2 aromatic carbocycles. The standard InChI is InChI=1S/C25H30Cl2F3N3O4S/c1-6-21(23(35)31-24(2,3)4)32(14-18-19(26)11-8-12-20(18)27)22(34)15-33(38(5,36)37)17-10-7-9-16(13-17)25(28,29)30/h7-13,21H,6,14-15H2,1-5H3,(H,31,35)/t21-/m0/s1. The monoisotopic (exact) mass is 595 g/mol. The second kappa shape index (κ2) is 12.1. The number of anilines is 1. The van der Waals surface area contributed by atoms with E-state index in [2.05, 4.69) is 5.32 Å². The van der Waals surface area contributed by atoms with E-state index >= 15 is 0 Å². The average Bonchev–Trinajstić information content (AvgIpc) is 2.76. The molecule has 13 heteroatoms. The van der Waals surface area contributed by atoms with Crippen molar-refractivity contribution in [2.45, 2.75) is 58.4 Å². The summed E-state index contributed by atoms with van der Waals surface area (Å²) in [7, 11) is -4.21. The lowest BCUT2D eigenvalue weighted by Gasteiger charge is -2.35. The maximum Gasteiger partial charge on any atom is 0.416 e. The minimum absolute atomic E-state index is 0.151. The number of nitrogens with one attached hydrogen (secondary N) is 1. The first-order valence-electron chi connectivity index (χ1n) is 11.5. The largest absolute Gasteiger partial charge is 0.416 e. The van der Waals surface area contributed by atoms with Crippen molar-refractivity contribution in [2.24, 2.45) is 0 Å². The average molecular weight is 596 g/mol. The van der Waals surface area contributed by atoms with Gasteiger partial charge in [-0.2, -0.15) is 13.2 Å². The molecule has 0 unspecified atom stereocenters. The first-order valence-corrected chi connectivity index (χ1v) is 14.1. The van der Waals surface area contributed by atoms with Crippen molar-refractivity contribution < 1.29 is 31.2 Å². The van der Waals surface area contributed by atoms with Crippen LogP contribution in [-0.4, -0.2) is 49.5 Å². The van der Waals surface area contributed by atoms with Crippen LogP contribution in [0.3, 0.4) is 0 Å². The van der Waals surface area contributed by atoms with Gasteiger partial charge in [0, 0.05) is 27.7 Å². The lowest BCUT2D eigenvalue weighted by atomic mass is 10.1. The van der Waals surface area contributed by atoms with Gasteiger partial charge < -0.3 is 10.2 Å². The highest BCUT2D eigenvalue weighted by molar-refractivity contribution is 7.92. The Kier molecular flexibility index (Phi) is 10.1. The molecule has 210 valence electrons. The van der Waals surface area contributed by atoms with Crippen molar-refractivity contribution >= 4 is 50.7 Å². The molecule has 0 heterocycles. The molecule has 2 rings (SSSR count). The van der Waals surface area contributed by atoms with Crippen molar-refractivity contribution in [2.75, 3.05) is 17.1 Å². The summed E-state index contributed by atoms with van der Waals surface area (Å²) in [5.41, 5.74) is -1.74. The molecule has 0 aliphatic heterocycles. The molecule has 0 aliphatic rings. The molecule has 0 aliphatic carbocycles. The first kappa shape index (κ1) is 31.7. The number of sulfonamides is 1. The van der Waals surface area contributed by atoms with E-state index in [0.717, 1.165) is 29.4 Å². The van der Waals surface area contributed by atoms with E-state index < -0.39 is 51.7 Å². The normalized spacial score (nSPS) is 13.1. The van der Waals surface area contributed by atoms with Gasteiger partial charge >= 0.3 is 6.18 Å². The zero-order valence-electron chi connectivity index (χ0n) is 21.6. The summed E-state index contributed by atoms with van der Waals surface area (Å²) < 4.78 is 65.7. The molecule has 1 N–H and O–H groups in total. The van der Waals surface area contributed by atoms with Crippen LogP contribution in [0.15, 0.2) is 42.5 Å². The Labute approximate surface area is 230 Å². The molecule has 0 saturated heterocycles. The van der Waals surface area contributed by atoms with Crippen molar-refractivity contribution in [3.05, 3.63) is 63.6 Å². The zero-order chi connectivity index (χ0) is 29.1. The number of halogens is 5. The molecule has 0 fully saturated rings. The van der Waals surface area contributed by atoms with E-state index in [-0.39, 0.29) is 28.7 Å². The predicted octanol–water partition coefficient (Wildman–Crippen LogP) is 5.50. The number of nitrogens with zero attached hydrogens (tertiary/aromatic N) is 2. The molecule has 2 amide bonds. The third-order valence-corrected chi connectivity index (χ3v) is 7.26. The van der Waals surface area contributed by atoms with Crippen LogP contribution in [0, 0.1) is 0 Å². The van der Waals surface area contributed by atoms with Crippen LogP contribution in [0.5, 0.6) is 0 Å². The van der Waals surface area contributed by atoms with Crippen LogP contribution >= 0.6 is 23.2 Å². The molecular formula is C25H30Cl2F3N3O4S. The summed E-state index contributed by atoms with van der Waals surface area (Å²) in [6.45, 7) is 5.84. The van der Waals surface area contributed by atoms with Crippen LogP contribution in [0.2, 0.25) is 10.0 Å². The third-order valence-electron chi connectivity index (χ3n) is 5.41. The predicted molar refractivity (Wildman–Crippen MR) is 143 cm³/mol. The van der Waals surface area contributed by atoms with Crippen LogP contribution in [0.25, 0.3) is 0 Å². The molecule has 7 nitrogen and oxygen atoms in total. The van der Waals surface area contributed by atoms with E-state index in [1.54, 1.807) is 45.9 Å². The van der Waals surface area contributed by atoms with Crippen LogP contribution in [0.4, 0.5) is 18.9 Å². The van der Waals surface area contributed by atoms with E-state index in [1.807, 2.05) is 0 Å². The Hall–Kier alpha value is -2.50. The van der Waals surface area contributed by atoms with Crippen molar-refractivity contribution in [3.8, 4) is 0 Å². The van der Waals surface area contributed by atoms with Gasteiger partial charge in [0.05, 0.1) is 17.5 Å². The molecule has 0 saturated carbocycles. The van der Waals surface area contributed by atoms with E-state index in [4.69, 9.17) is 23.2 Å². The summed E-state index contributed by atoms with van der Waals surface area (Å²) in [6, 6.07) is 7.28. The Balaban J connectivity index is 2.57. The van der Waals surface area contributed by atoms with Gasteiger partial charge in [0.15, 0.2) is 0 Å². The SMILES string of the molecule is CC[C@@H](C(=O)NC(C)(C)C)N(Cc1c(Cl)cccc1Cl)C(=O)CN(c1cccc(C(F)(F)F)c1)S(C)(=O)=O. The maximum atomic E-state index is 13.7. The minimum Gasteiger partial charge on any atom is -0.350 e. The second-order valence-corrected chi connectivity index (χ2v) is 12.4. The minimum atomic E-state index is -4.73. The van der Waals surface area contributed by atoms with Crippen molar-refractivity contribution in [1.29, 1.82) is 0 Å². The fourth-order valence-corrected chi connectivity index (χ4v) is 5.04. The van der Waals surface area contributed by atoms with Crippen LogP contribution < -0.4 is 9.62 Å². The molecule has 38 heavy (non-hydrogen) atoms. The molecule has 1 atom stereocenters. The highest BCUT2D eigenvalue weighted by atomic mass is 35.5. The lowest BCUT2D eigenvalue weighted by molar-refractivity contribution is -0.141. The zero-order valence-corrected chi connectivity index (χ0v) is 23.9. The number of carbonyl (C=O) groups excluding carboxylic acids is 2. The highest BCUT2D eigenvalue weighted by Gasteiger charge is 2.35. The van der Waals surface area contributed by atoms with Gasteiger partial charge in [-0.15, -0.1) is 0 Å². The lowest BCUT2D eigenvalue weighted by Crippen LogP contribution is -2.55. The fourth-order valence-electron chi connectivity index (χ4n) is 3.68. The van der Waals surface area contributed by atoms with Gasteiger partial charge in [0.25, 0.3) is 0 Å². The van der Waals surface area contributed by atoms with Gasteiger partial charge in [0.2, 0.25) is 21.8 Å². The van der Waals surface area contributed by atoms with Crippen LogP contribution in [0.1, 0.15) is 45.2 Å². The highest BCUT2D eigenvalue weighted by Crippen LogP contribution is 2.33. The molecule has 0 radical (unpaired) electrons. The van der Waals surface area contributed by atoms with E-state index in [9.17, 15) is 31.2 Å². The molecule has 2 aromatic rings. The van der Waals surface area contributed by atoms with Gasteiger partial charge in [-0.25, -0.2) is 8.42 Å². The van der Waals surface area contributed by atoms with Crippen molar-refractivity contribution in [3.63, 3.8) is 0 Å². The second-order valence-electron chi connectivity index (χ2n) is 9.70. The summed E-state index contributed by atoms with van der Waals surface area (Å²) in [6.07, 6.45) is -3.80. The Morgan fingerprint density at radius 3 is 2.05 bits per heavy atom. The number of amides is 2. The van der Waals surface area contributed by atoms with Crippen LogP contribution in [-0.2, 0) is 32.3 Å². The van der Waals surface area contributed by atoms with Gasteiger partial charge in [-0.3, -0.25) is 13.9 Å². The summed E-state index contributed by atoms with van der Waals surface area (Å²) in [5, 5.41) is 3.25. The quantitative estimate of drug-likeness (QED) is 0.414. The van der Waals surface area contributed by atoms with Gasteiger partial charge in [0.1, 0.15) is 12.6 Å². The van der Waals surface area contributed by atoms with E-state index in [1.165, 1.54) is 0 Å². The molecule has 0 aromatic heterocycles. The number of hydrogen-bond acceptors (Lipinski definition) is 4. The number of hydrogen-bond donors (Lipinski definition) is 1. The first-order chi connectivity index (χ1) is 17.3. The van der Waals surface area contributed by atoms with Crippen molar-refractivity contribution in [1.82, 2.24) is 10.2 Å². The number of benzene rings is 2. The fraction of sp³-hybridized carbons (Fsp3) is 0.440. The Bertz CT molecular complexity index is 1260. The number of alkyl halides is 3. The number of carbonyl (C=O) groups is 2. The molecule has 0 spiro atoms. The summed E-state index contributed by atoms with van der Waals surface area (Å²) in [5.74, 6) is -1.33. The van der Waals surface area contributed by atoms with Gasteiger partial charge in [-0.1, -0.05) is 42.3 Å². The van der Waals surface area contributed by atoms with E-state index in [0.29, 0.717) is 15.9 Å². The summed E-state index contributed by atoms with van der Waals surface area (Å²) in [4.78, 5) is 28.0. The third kappa shape index (κ3) is 8.51. The Morgan fingerprint density at radius 1 is 1.03 bits per heavy atom. The molecular weight excluding hydrogens is 566 g/mol.